The number of fused-ring (bicyclic) bond motifs is 1. The van der Waals surface area contributed by atoms with Gasteiger partial charge in [0.25, 0.3) is 0 Å². The van der Waals surface area contributed by atoms with Crippen molar-refractivity contribution in [2.75, 3.05) is 0 Å². The molecule has 1 aromatic heterocycles. The molecule has 0 saturated carbocycles. The first-order valence-corrected chi connectivity index (χ1v) is 4.52. The van der Waals surface area contributed by atoms with Crippen LogP contribution in [0.4, 0.5) is 0 Å². The van der Waals surface area contributed by atoms with Gasteiger partial charge in [-0.15, -0.1) is 0 Å². The molecule has 4 heteroatoms. The summed E-state index contributed by atoms with van der Waals surface area (Å²) in [5.41, 5.74) is 7.24. The number of nitrogens with two attached hydrogens (primary N) is 1. The zero-order chi connectivity index (χ0) is 10.1. The number of rotatable bonds is 1. The minimum Gasteiger partial charge on any atom is -0.360 e. The van der Waals surface area contributed by atoms with Crippen LogP contribution in [0.5, 0.6) is 0 Å². The molecule has 2 rings (SSSR count). The van der Waals surface area contributed by atoms with E-state index in [1.165, 1.54) is 0 Å². The lowest BCUT2D eigenvalue weighted by Gasteiger charge is -1.99. The zero-order valence-electron chi connectivity index (χ0n) is 7.29. The molecule has 0 amide bonds. The highest BCUT2D eigenvalue weighted by molar-refractivity contribution is 6.35. The summed E-state index contributed by atoms with van der Waals surface area (Å²) in [5, 5.41) is 10.3. The summed E-state index contributed by atoms with van der Waals surface area (Å²) in [7, 11) is 0. The second-order valence-corrected chi connectivity index (χ2v) is 3.42. The van der Waals surface area contributed by atoms with Crippen molar-refractivity contribution in [3.8, 4) is 6.07 Å². The predicted octanol–water partition coefficient (Wildman–Crippen LogP) is 2.34. The topological polar surface area (TPSA) is 65.6 Å². The number of para-hydroxylation sites is 1. The number of nitriles is 1. The molecule has 1 aromatic carbocycles. The molecular formula is C10H8ClN3. The quantitative estimate of drug-likeness (QED) is 0.751. The Morgan fingerprint density at radius 1 is 1.50 bits per heavy atom. The standard InChI is InChI=1S/C10H8ClN3/c11-8-3-1-2-6-7(9(13)4-12)5-14-10(6)8/h1-3,5,9,14H,13H2/t9-/m0/s1. The zero-order valence-corrected chi connectivity index (χ0v) is 8.05. The van der Waals surface area contributed by atoms with Crippen LogP contribution in [-0.4, -0.2) is 4.98 Å². The third kappa shape index (κ3) is 1.25. The van der Waals surface area contributed by atoms with Crippen molar-refractivity contribution in [2.24, 2.45) is 5.73 Å². The molecule has 14 heavy (non-hydrogen) atoms. The third-order valence-corrected chi connectivity index (χ3v) is 2.49. The van der Waals surface area contributed by atoms with E-state index in [-0.39, 0.29) is 0 Å². The fraction of sp³-hybridized carbons (Fsp3) is 0.100. The molecule has 1 heterocycles. The number of H-pyrrole nitrogens is 1. The molecule has 0 aliphatic rings. The summed E-state index contributed by atoms with van der Waals surface area (Å²) >= 11 is 5.96. The van der Waals surface area contributed by atoms with Crippen LogP contribution in [0.3, 0.4) is 0 Å². The van der Waals surface area contributed by atoms with Gasteiger partial charge < -0.3 is 10.7 Å². The van der Waals surface area contributed by atoms with Crippen LogP contribution >= 0.6 is 11.6 Å². The van der Waals surface area contributed by atoms with E-state index in [0.29, 0.717) is 5.02 Å². The Hall–Kier alpha value is -1.50. The maximum absolute atomic E-state index is 8.71. The van der Waals surface area contributed by atoms with Crippen molar-refractivity contribution < 1.29 is 0 Å². The van der Waals surface area contributed by atoms with E-state index >= 15 is 0 Å². The van der Waals surface area contributed by atoms with E-state index in [4.69, 9.17) is 22.6 Å². The average Bonchev–Trinajstić information content (AvgIpc) is 2.62. The number of nitrogens with zero attached hydrogens (tertiary/aromatic N) is 1. The highest BCUT2D eigenvalue weighted by atomic mass is 35.5. The molecule has 0 saturated heterocycles. The van der Waals surface area contributed by atoms with Gasteiger partial charge in [-0.05, 0) is 6.07 Å². The van der Waals surface area contributed by atoms with Crippen molar-refractivity contribution >= 4 is 22.5 Å². The van der Waals surface area contributed by atoms with Crippen molar-refractivity contribution in [1.29, 1.82) is 5.26 Å². The third-order valence-electron chi connectivity index (χ3n) is 2.17. The van der Waals surface area contributed by atoms with Crippen molar-refractivity contribution in [1.82, 2.24) is 4.98 Å². The van der Waals surface area contributed by atoms with Gasteiger partial charge in [-0.1, -0.05) is 23.7 Å². The highest BCUT2D eigenvalue weighted by Gasteiger charge is 2.11. The number of hydrogen-bond donors (Lipinski definition) is 2. The predicted molar refractivity (Wildman–Crippen MR) is 55.9 cm³/mol. The van der Waals surface area contributed by atoms with Crippen LogP contribution in [0.1, 0.15) is 11.6 Å². The molecule has 2 aromatic rings. The number of aromatic nitrogens is 1. The molecule has 70 valence electrons. The van der Waals surface area contributed by atoms with Gasteiger partial charge in [0.05, 0.1) is 16.6 Å². The summed E-state index contributed by atoms with van der Waals surface area (Å²) in [6.45, 7) is 0. The maximum Gasteiger partial charge on any atom is 0.120 e. The van der Waals surface area contributed by atoms with E-state index in [2.05, 4.69) is 4.98 Å². The molecule has 0 aliphatic carbocycles. The van der Waals surface area contributed by atoms with E-state index in [1.807, 2.05) is 18.2 Å². The molecule has 0 radical (unpaired) electrons. The van der Waals surface area contributed by atoms with Gasteiger partial charge in [0.15, 0.2) is 0 Å². The lowest BCUT2D eigenvalue weighted by molar-refractivity contribution is 0.936. The Morgan fingerprint density at radius 3 is 3.00 bits per heavy atom. The second kappa shape index (κ2) is 3.33. The second-order valence-electron chi connectivity index (χ2n) is 3.01. The highest BCUT2D eigenvalue weighted by Crippen LogP contribution is 2.27. The summed E-state index contributed by atoms with van der Waals surface area (Å²) in [5.74, 6) is 0. The molecule has 3 nitrogen and oxygen atoms in total. The first-order valence-electron chi connectivity index (χ1n) is 4.14. The average molecular weight is 206 g/mol. The molecule has 0 bridgehead atoms. The minimum absolute atomic E-state index is 0.609. The van der Waals surface area contributed by atoms with Gasteiger partial charge in [0, 0.05) is 17.1 Å². The summed E-state index contributed by atoms with van der Waals surface area (Å²) in [6.07, 6.45) is 1.73. The molecule has 0 fully saturated rings. The van der Waals surface area contributed by atoms with Gasteiger partial charge in [-0.25, -0.2) is 0 Å². The smallest absolute Gasteiger partial charge is 0.120 e. The molecule has 0 unspecified atom stereocenters. The van der Waals surface area contributed by atoms with Gasteiger partial charge in [-0.2, -0.15) is 5.26 Å². The lowest BCUT2D eigenvalue weighted by Crippen LogP contribution is -2.05. The fourth-order valence-corrected chi connectivity index (χ4v) is 1.70. The van der Waals surface area contributed by atoms with Gasteiger partial charge in [-0.3, -0.25) is 0 Å². The van der Waals surface area contributed by atoms with Crippen LogP contribution < -0.4 is 5.73 Å². The normalized spacial score (nSPS) is 12.6. The number of halogens is 1. The van der Waals surface area contributed by atoms with Gasteiger partial charge in [0.1, 0.15) is 6.04 Å². The van der Waals surface area contributed by atoms with Crippen LogP contribution in [0.25, 0.3) is 10.9 Å². The molecular weight excluding hydrogens is 198 g/mol. The monoisotopic (exact) mass is 205 g/mol. The molecule has 1 atom stereocenters. The Kier molecular flexibility index (Phi) is 2.16. The summed E-state index contributed by atoms with van der Waals surface area (Å²) < 4.78 is 0. The van der Waals surface area contributed by atoms with Gasteiger partial charge in [0.2, 0.25) is 0 Å². The van der Waals surface area contributed by atoms with Crippen LogP contribution in [0, 0.1) is 11.3 Å². The maximum atomic E-state index is 8.71. The SMILES string of the molecule is N#C[C@H](N)c1c[nH]c2c(Cl)cccc12. The lowest BCUT2D eigenvalue weighted by atomic mass is 10.1. The number of aromatic amines is 1. The number of nitrogens with one attached hydrogen (secondary N) is 1. The number of hydrogen-bond acceptors (Lipinski definition) is 2. The minimum atomic E-state index is -0.609. The Balaban J connectivity index is 2.71. The molecule has 0 spiro atoms. The van der Waals surface area contributed by atoms with E-state index < -0.39 is 6.04 Å². The Morgan fingerprint density at radius 2 is 2.29 bits per heavy atom. The molecule has 3 N–H and O–H groups in total. The van der Waals surface area contributed by atoms with E-state index in [1.54, 1.807) is 12.3 Å². The van der Waals surface area contributed by atoms with Crippen LogP contribution in [0.2, 0.25) is 5.02 Å². The van der Waals surface area contributed by atoms with Crippen molar-refractivity contribution in [3.05, 3.63) is 35.0 Å². The van der Waals surface area contributed by atoms with Crippen LogP contribution in [0.15, 0.2) is 24.4 Å². The number of benzene rings is 1. The summed E-state index contributed by atoms with van der Waals surface area (Å²) in [6, 6.07) is 6.91. The van der Waals surface area contributed by atoms with Crippen molar-refractivity contribution in [2.45, 2.75) is 6.04 Å². The van der Waals surface area contributed by atoms with E-state index in [9.17, 15) is 0 Å². The van der Waals surface area contributed by atoms with Gasteiger partial charge >= 0.3 is 0 Å². The first kappa shape index (κ1) is 9.07. The molecule has 0 aliphatic heterocycles. The Bertz CT molecular complexity index is 510. The largest absolute Gasteiger partial charge is 0.360 e. The van der Waals surface area contributed by atoms with E-state index in [0.717, 1.165) is 16.5 Å². The fourth-order valence-electron chi connectivity index (χ4n) is 1.47. The van der Waals surface area contributed by atoms with Crippen molar-refractivity contribution in [3.63, 3.8) is 0 Å². The summed E-state index contributed by atoms with van der Waals surface area (Å²) in [4.78, 5) is 3.01. The van der Waals surface area contributed by atoms with Crippen LogP contribution in [-0.2, 0) is 0 Å². The Labute approximate surface area is 86.1 Å². The first-order chi connectivity index (χ1) is 6.74.